The number of carbonyl (C=O) groups is 1. The van der Waals surface area contributed by atoms with Crippen molar-refractivity contribution >= 4 is 5.97 Å². The van der Waals surface area contributed by atoms with Crippen LogP contribution in [0.4, 0.5) is 0 Å². The Bertz CT molecular complexity index is 403. The molecule has 1 aliphatic carbocycles. The summed E-state index contributed by atoms with van der Waals surface area (Å²) >= 11 is 0. The van der Waals surface area contributed by atoms with Crippen molar-refractivity contribution < 1.29 is 14.6 Å². The molecule has 1 aromatic rings. The summed E-state index contributed by atoms with van der Waals surface area (Å²) in [4.78, 5) is 15.1. The van der Waals surface area contributed by atoms with Crippen molar-refractivity contribution in [2.24, 2.45) is 5.92 Å². The van der Waals surface area contributed by atoms with E-state index in [0.29, 0.717) is 12.3 Å². The summed E-state index contributed by atoms with van der Waals surface area (Å²) < 4.78 is 5.47. The molecule has 1 heterocycles. The quantitative estimate of drug-likeness (QED) is 0.845. The molecule has 86 valence electrons. The van der Waals surface area contributed by atoms with E-state index in [1.165, 1.54) is 0 Å². The van der Waals surface area contributed by atoms with Crippen molar-refractivity contribution in [3.63, 3.8) is 0 Å². The second kappa shape index (κ2) is 4.12. The molecular formula is C12H15NO3. The monoisotopic (exact) mass is 221 g/mol. The summed E-state index contributed by atoms with van der Waals surface area (Å²) in [6.07, 6.45) is 0.769. The summed E-state index contributed by atoms with van der Waals surface area (Å²) in [5.74, 6) is -0.361. The third-order valence-corrected chi connectivity index (χ3v) is 2.59. The standard InChI is InChI=1S/C12H15NO3/c1-7(2)16-11-5-3-4-10(13-11)8-6-9(8)12(14)15/h3-5,7-9H,6H2,1-2H3,(H,14,15). The van der Waals surface area contributed by atoms with E-state index in [1.54, 1.807) is 6.07 Å². The predicted molar refractivity (Wildman–Crippen MR) is 58.5 cm³/mol. The maximum absolute atomic E-state index is 10.7. The van der Waals surface area contributed by atoms with Crippen molar-refractivity contribution in [2.45, 2.75) is 32.3 Å². The fourth-order valence-corrected chi connectivity index (χ4v) is 1.74. The Hall–Kier alpha value is -1.58. The van der Waals surface area contributed by atoms with Gasteiger partial charge in [-0.2, -0.15) is 0 Å². The maximum atomic E-state index is 10.7. The minimum Gasteiger partial charge on any atom is -0.481 e. The number of nitrogens with zero attached hydrogens (tertiary/aromatic N) is 1. The van der Waals surface area contributed by atoms with Crippen LogP contribution in [0.1, 0.15) is 31.9 Å². The van der Waals surface area contributed by atoms with E-state index in [0.717, 1.165) is 5.69 Å². The van der Waals surface area contributed by atoms with E-state index in [-0.39, 0.29) is 17.9 Å². The highest BCUT2D eigenvalue weighted by Gasteiger charge is 2.45. The predicted octanol–water partition coefficient (Wildman–Crippen LogP) is 2.06. The molecule has 2 unspecified atom stereocenters. The molecule has 0 radical (unpaired) electrons. The summed E-state index contributed by atoms with van der Waals surface area (Å²) in [5.41, 5.74) is 0.825. The van der Waals surface area contributed by atoms with Crippen LogP contribution in [-0.2, 0) is 4.79 Å². The SMILES string of the molecule is CC(C)Oc1cccc(C2CC2C(=O)O)n1. The second-order valence-electron chi connectivity index (χ2n) is 4.35. The van der Waals surface area contributed by atoms with Gasteiger partial charge in [0.05, 0.1) is 12.0 Å². The first kappa shape index (κ1) is 10.9. The first-order valence-electron chi connectivity index (χ1n) is 5.44. The highest BCUT2D eigenvalue weighted by atomic mass is 16.5. The Morgan fingerprint density at radius 3 is 2.88 bits per heavy atom. The molecule has 1 aliphatic rings. The Labute approximate surface area is 94.3 Å². The topological polar surface area (TPSA) is 59.4 Å². The zero-order valence-corrected chi connectivity index (χ0v) is 9.38. The molecule has 1 saturated carbocycles. The molecule has 0 spiro atoms. The van der Waals surface area contributed by atoms with Crippen molar-refractivity contribution in [1.82, 2.24) is 4.98 Å². The number of pyridine rings is 1. The van der Waals surface area contributed by atoms with Gasteiger partial charge in [-0.05, 0) is 26.3 Å². The molecule has 0 aliphatic heterocycles. The van der Waals surface area contributed by atoms with E-state index in [9.17, 15) is 4.79 Å². The molecule has 4 heteroatoms. The Balaban J connectivity index is 2.09. The lowest BCUT2D eigenvalue weighted by atomic mass is 10.2. The van der Waals surface area contributed by atoms with Gasteiger partial charge in [-0.3, -0.25) is 4.79 Å². The van der Waals surface area contributed by atoms with Crippen molar-refractivity contribution in [2.75, 3.05) is 0 Å². The zero-order chi connectivity index (χ0) is 11.7. The van der Waals surface area contributed by atoms with Gasteiger partial charge >= 0.3 is 5.97 Å². The number of carboxylic acid groups (broad SMARTS) is 1. The number of hydrogen-bond donors (Lipinski definition) is 1. The highest BCUT2D eigenvalue weighted by Crippen LogP contribution is 2.46. The molecule has 16 heavy (non-hydrogen) atoms. The molecule has 2 rings (SSSR count). The van der Waals surface area contributed by atoms with Crippen LogP contribution in [0, 0.1) is 5.92 Å². The molecule has 2 atom stereocenters. The summed E-state index contributed by atoms with van der Waals surface area (Å²) in [7, 11) is 0. The van der Waals surface area contributed by atoms with Gasteiger partial charge in [0.1, 0.15) is 0 Å². The van der Waals surface area contributed by atoms with Crippen LogP contribution < -0.4 is 4.74 Å². The fourth-order valence-electron chi connectivity index (χ4n) is 1.74. The second-order valence-corrected chi connectivity index (χ2v) is 4.35. The minimum atomic E-state index is -0.734. The molecule has 0 amide bonds. The average molecular weight is 221 g/mol. The smallest absolute Gasteiger partial charge is 0.307 e. The van der Waals surface area contributed by atoms with Crippen molar-refractivity contribution in [1.29, 1.82) is 0 Å². The average Bonchev–Trinajstić information content (AvgIpc) is 2.96. The lowest BCUT2D eigenvalue weighted by Crippen LogP contribution is -2.07. The Morgan fingerprint density at radius 2 is 2.31 bits per heavy atom. The minimum absolute atomic E-state index is 0.0632. The Kier molecular flexibility index (Phi) is 2.81. The molecule has 0 saturated heterocycles. The van der Waals surface area contributed by atoms with Crippen LogP contribution >= 0.6 is 0 Å². The van der Waals surface area contributed by atoms with Gasteiger partial charge in [-0.1, -0.05) is 6.07 Å². The first-order chi connectivity index (χ1) is 7.58. The van der Waals surface area contributed by atoms with Gasteiger partial charge in [0.25, 0.3) is 0 Å². The zero-order valence-electron chi connectivity index (χ0n) is 9.38. The number of aliphatic carboxylic acids is 1. The maximum Gasteiger partial charge on any atom is 0.307 e. The van der Waals surface area contributed by atoms with Gasteiger partial charge in [0, 0.05) is 17.7 Å². The fraction of sp³-hybridized carbons (Fsp3) is 0.500. The highest BCUT2D eigenvalue weighted by molar-refractivity contribution is 5.75. The van der Waals surface area contributed by atoms with Gasteiger partial charge in [0.15, 0.2) is 0 Å². The summed E-state index contributed by atoms with van der Waals surface area (Å²) in [6, 6.07) is 5.51. The molecule has 1 N–H and O–H groups in total. The molecule has 4 nitrogen and oxygen atoms in total. The van der Waals surface area contributed by atoms with Crippen LogP contribution in [0.15, 0.2) is 18.2 Å². The van der Waals surface area contributed by atoms with Gasteiger partial charge in [0.2, 0.25) is 5.88 Å². The first-order valence-corrected chi connectivity index (χ1v) is 5.44. The number of ether oxygens (including phenoxy) is 1. The lowest BCUT2D eigenvalue weighted by molar-refractivity contribution is -0.138. The molecule has 0 bridgehead atoms. The molecular weight excluding hydrogens is 206 g/mol. The third kappa shape index (κ3) is 2.32. The van der Waals surface area contributed by atoms with Crippen LogP contribution in [0.3, 0.4) is 0 Å². The van der Waals surface area contributed by atoms with E-state index < -0.39 is 5.97 Å². The van der Waals surface area contributed by atoms with Crippen LogP contribution in [0.25, 0.3) is 0 Å². The number of rotatable bonds is 4. The Morgan fingerprint density at radius 1 is 1.56 bits per heavy atom. The van der Waals surface area contributed by atoms with Gasteiger partial charge in [-0.15, -0.1) is 0 Å². The molecule has 1 fully saturated rings. The number of aromatic nitrogens is 1. The third-order valence-electron chi connectivity index (χ3n) is 2.59. The molecule has 0 aromatic carbocycles. The largest absolute Gasteiger partial charge is 0.481 e. The van der Waals surface area contributed by atoms with Crippen molar-refractivity contribution in [3.05, 3.63) is 23.9 Å². The van der Waals surface area contributed by atoms with Crippen LogP contribution in [0.5, 0.6) is 5.88 Å². The van der Waals surface area contributed by atoms with E-state index >= 15 is 0 Å². The number of hydrogen-bond acceptors (Lipinski definition) is 3. The summed E-state index contributed by atoms with van der Waals surface area (Å²) in [5, 5.41) is 8.84. The van der Waals surface area contributed by atoms with Gasteiger partial charge in [-0.25, -0.2) is 4.98 Å². The molecule has 1 aromatic heterocycles. The van der Waals surface area contributed by atoms with Crippen LogP contribution in [-0.4, -0.2) is 22.2 Å². The normalized spacial score (nSPS) is 23.2. The van der Waals surface area contributed by atoms with E-state index in [4.69, 9.17) is 9.84 Å². The van der Waals surface area contributed by atoms with Crippen LogP contribution in [0.2, 0.25) is 0 Å². The summed E-state index contributed by atoms with van der Waals surface area (Å²) in [6.45, 7) is 3.87. The van der Waals surface area contributed by atoms with E-state index in [2.05, 4.69) is 4.98 Å². The number of carboxylic acids is 1. The van der Waals surface area contributed by atoms with E-state index in [1.807, 2.05) is 26.0 Å². The lowest BCUT2D eigenvalue weighted by Gasteiger charge is -2.09. The van der Waals surface area contributed by atoms with Crippen molar-refractivity contribution in [3.8, 4) is 5.88 Å². The van der Waals surface area contributed by atoms with Gasteiger partial charge < -0.3 is 9.84 Å².